The van der Waals surface area contributed by atoms with Crippen LogP contribution in [-0.4, -0.2) is 29.1 Å². The van der Waals surface area contributed by atoms with Crippen LogP contribution in [0, 0.1) is 0 Å². The normalized spacial score (nSPS) is 21.2. The van der Waals surface area contributed by atoms with Crippen LogP contribution in [0.3, 0.4) is 0 Å². The standard InChI is InChI=1S/C32H26F3N3O4/c1-31-16-27(26-15-20(6-8-28(26)42-31)22-10-12-41-18-22)36-30(40)38(31)25-4-2-3-21(14-25)29(39)37-11-9-19-5-7-24(32(33,34)35)13-23(19)17-37/h2-8,10,12-15,18,27H,9,11,16-17H2,1H3,(H,36,40). The molecule has 2 unspecified atom stereocenters. The van der Waals surface area contributed by atoms with Crippen molar-refractivity contribution in [3.05, 3.63) is 107 Å². The van der Waals surface area contributed by atoms with Crippen LogP contribution in [0.15, 0.2) is 83.7 Å². The maximum absolute atomic E-state index is 13.5. The van der Waals surface area contributed by atoms with Crippen molar-refractivity contribution in [3.63, 3.8) is 0 Å². The minimum atomic E-state index is -4.45. The lowest BCUT2D eigenvalue weighted by atomic mass is 9.88. The van der Waals surface area contributed by atoms with Crippen molar-refractivity contribution in [2.75, 3.05) is 11.4 Å². The lowest BCUT2D eigenvalue weighted by Gasteiger charge is -2.50. The van der Waals surface area contributed by atoms with Crippen molar-refractivity contribution in [2.45, 2.75) is 44.3 Å². The summed E-state index contributed by atoms with van der Waals surface area (Å²) in [4.78, 5) is 30.1. The Morgan fingerprint density at radius 1 is 1.02 bits per heavy atom. The Kier molecular flexibility index (Phi) is 5.86. The number of halogens is 3. The number of anilines is 1. The van der Waals surface area contributed by atoms with E-state index >= 15 is 0 Å². The molecule has 3 aliphatic rings. The number of benzene rings is 3. The number of rotatable bonds is 3. The molecule has 2 bridgehead atoms. The van der Waals surface area contributed by atoms with Crippen LogP contribution >= 0.6 is 0 Å². The summed E-state index contributed by atoms with van der Waals surface area (Å²) in [6.45, 7) is 2.30. The van der Waals surface area contributed by atoms with E-state index in [1.54, 1.807) is 41.7 Å². The highest BCUT2D eigenvalue weighted by Gasteiger charge is 2.50. The molecule has 0 saturated carbocycles. The Bertz CT molecular complexity index is 1720. The Hall–Kier alpha value is -4.73. The first-order chi connectivity index (χ1) is 20.1. The summed E-state index contributed by atoms with van der Waals surface area (Å²) < 4.78 is 51.5. The molecule has 214 valence electrons. The molecule has 0 spiro atoms. The first-order valence-corrected chi connectivity index (χ1v) is 13.6. The van der Waals surface area contributed by atoms with E-state index in [1.807, 2.05) is 31.2 Å². The van der Waals surface area contributed by atoms with Crippen LogP contribution in [0.4, 0.5) is 23.7 Å². The van der Waals surface area contributed by atoms with Gasteiger partial charge in [-0.1, -0.05) is 18.2 Å². The van der Waals surface area contributed by atoms with Gasteiger partial charge in [0.2, 0.25) is 0 Å². The van der Waals surface area contributed by atoms with E-state index in [0.717, 1.165) is 34.4 Å². The molecule has 0 aliphatic carbocycles. The Morgan fingerprint density at radius 2 is 1.88 bits per heavy atom. The number of ether oxygens (including phenoxy) is 1. The number of furan rings is 1. The van der Waals surface area contributed by atoms with E-state index in [2.05, 4.69) is 5.32 Å². The highest BCUT2D eigenvalue weighted by molar-refractivity contribution is 5.99. The summed E-state index contributed by atoms with van der Waals surface area (Å²) in [6, 6.07) is 17.5. The molecule has 1 N–H and O–H groups in total. The molecule has 4 aromatic rings. The number of urea groups is 1. The van der Waals surface area contributed by atoms with Crippen molar-refractivity contribution in [1.82, 2.24) is 10.2 Å². The molecular formula is C32H26F3N3O4. The van der Waals surface area contributed by atoms with Crippen LogP contribution < -0.4 is 15.0 Å². The molecule has 3 amide bonds. The van der Waals surface area contributed by atoms with Crippen LogP contribution in [-0.2, 0) is 19.1 Å². The fourth-order valence-electron chi connectivity index (χ4n) is 6.24. The summed E-state index contributed by atoms with van der Waals surface area (Å²) in [6.07, 6.45) is -0.252. The molecule has 10 heteroatoms. The van der Waals surface area contributed by atoms with Gasteiger partial charge >= 0.3 is 12.2 Å². The summed E-state index contributed by atoms with van der Waals surface area (Å²) in [5.41, 5.74) is 3.12. The smallest absolute Gasteiger partial charge is 0.416 e. The number of fused-ring (bicyclic) bond motifs is 5. The summed E-state index contributed by atoms with van der Waals surface area (Å²) in [5.74, 6) is 0.338. The number of carbonyl (C=O) groups is 2. The summed E-state index contributed by atoms with van der Waals surface area (Å²) in [7, 11) is 0. The van der Waals surface area contributed by atoms with Crippen LogP contribution in [0.2, 0.25) is 0 Å². The molecular weight excluding hydrogens is 547 g/mol. The Labute approximate surface area is 239 Å². The highest BCUT2D eigenvalue weighted by Crippen LogP contribution is 2.46. The molecule has 42 heavy (non-hydrogen) atoms. The number of nitrogens with one attached hydrogen (secondary N) is 1. The molecule has 2 atom stereocenters. The number of amides is 3. The number of hydrogen-bond acceptors (Lipinski definition) is 4. The molecule has 7 rings (SSSR count). The second kappa shape index (κ2) is 9.40. The van der Waals surface area contributed by atoms with Crippen molar-refractivity contribution in [1.29, 1.82) is 0 Å². The van der Waals surface area contributed by atoms with Crippen molar-refractivity contribution in [3.8, 4) is 16.9 Å². The first kappa shape index (κ1) is 26.2. The average molecular weight is 574 g/mol. The fourth-order valence-corrected chi connectivity index (χ4v) is 6.24. The van der Waals surface area contributed by atoms with Gasteiger partial charge in [-0.05, 0) is 78.6 Å². The van der Waals surface area contributed by atoms with Gasteiger partial charge in [0, 0.05) is 36.2 Å². The molecule has 0 radical (unpaired) electrons. The number of alkyl halides is 3. The zero-order valence-corrected chi connectivity index (χ0v) is 22.6. The Morgan fingerprint density at radius 3 is 2.67 bits per heavy atom. The van der Waals surface area contributed by atoms with Crippen LogP contribution in [0.25, 0.3) is 11.1 Å². The van der Waals surface area contributed by atoms with Gasteiger partial charge in [0.15, 0.2) is 5.72 Å². The topological polar surface area (TPSA) is 75.0 Å². The van der Waals surface area contributed by atoms with E-state index < -0.39 is 17.5 Å². The number of carbonyl (C=O) groups excluding carboxylic acids is 2. The molecule has 4 heterocycles. The number of hydrogen-bond donors (Lipinski definition) is 1. The monoisotopic (exact) mass is 573 g/mol. The zero-order valence-electron chi connectivity index (χ0n) is 22.6. The lowest BCUT2D eigenvalue weighted by molar-refractivity contribution is -0.137. The van der Waals surface area contributed by atoms with Crippen LogP contribution in [0.5, 0.6) is 5.75 Å². The summed E-state index contributed by atoms with van der Waals surface area (Å²) >= 11 is 0. The van der Waals surface area contributed by atoms with Crippen molar-refractivity contribution >= 4 is 17.6 Å². The van der Waals surface area contributed by atoms with Gasteiger partial charge in [-0.2, -0.15) is 13.2 Å². The van der Waals surface area contributed by atoms with Gasteiger partial charge in [-0.3, -0.25) is 9.69 Å². The van der Waals surface area contributed by atoms with E-state index in [0.29, 0.717) is 42.0 Å². The predicted octanol–water partition coefficient (Wildman–Crippen LogP) is 6.93. The molecule has 3 aliphatic heterocycles. The Balaban J connectivity index is 1.15. The molecule has 1 saturated heterocycles. The van der Waals surface area contributed by atoms with Crippen molar-refractivity contribution in [2.24, 2.45) is 0 Å². The van der Waals surface area contributed by atoms with E-state index in [-0.39, 0.29) is 24.5 Å². The third-order valence-corrected chi connectivity index (χ3v) is 8.31. The predicted molar refractivity (Wildman–Crippen MR) is 148 cm³/mol. The largest absolute Gasteiger partial charge is 0.472 e. The maximum atomic E-state index is 13.5. The second-order valence-electron chi connectivity index (χ2n) is 11.1. The van der Waals surface area contributed by atoms with Gasteiger partial charge in [-0.25, -0.2) is 4.79 Å². The second-order valence-corrected chi connectivity index (χ2v) is 11.1. The van der Waals surface area contributed by atoms with Gasteiger partial charge in [-0.15, -0.1) is 0 Å². The minimum Gasteiger partial charge on any atom is -0.472 e. The van der Waals surface area contributed by atoms with Gasteiger partial charge in [0.05, 0.1) is 29.8 Å². The quantitative estimate of drug-likeness (QED) is 0.288. The average Bonchev–Trinajstić information content (AvgIpc) is 3.50. The third-order valence-electron chi connectivity index (χ3n) is 8.31. The lowest BCUT2D eigenvalue weighted by Crippen LogP contribution is -2.65. The van der Waals surface area contributed by atoms with E-state index in [9.17, 15) is 22.8 Å². The van der Waals surface area contributed by atoms with Crippen LogP contribution in [0.1, 0.15) is 52.0 Å². The third kappa shape index (κ3) is 4.38. The number of nitrogens with zero attached hydrogens (tertiary/aromatic N) is 2. The minimum absolute atomic E-state index is 0.0760. The zero-order chi connectivity index (χ0) is 29.2. The molecule has 1 fully saturated rings. The van der Waals surface area contributed by atoms with E-state index in [1.165, 1.54) is 11.0 Å². The fraction of sp³-hybridized carbons (Fsp3) is 0.250. The van der Waals surface area contributed by atoms with Gasteiger partial charge in [0.1, 0.15) is 5.75 Å². The van der Waals surface area contributed by atoms with Gasteiger partial charge in [0.25, 0.3) is 5.91 Å². The van der Waals surface area contributed by atoms with E-state index in [4.69, 9.17) is 9.15 Å². The molecule has 1 aromatic heterocycles. The summed E-state index contributed by atoms with van der Waals surface area (Å²) in [5, 5.41) is 3.09. The maximum Gasteiger partial charge on any atom is 0.416 e. The highest BCUT2D eigenvalue weighted by atomic mass is 19.4. The molecule has 7 nitrogen and oxygen atoms in total. The SMILES string of the molecule is CC12CC(NC(=O)N1c1cccc(C(=O)N3CCc4ccc(C(F)(F)F)cc4C3)c1)c1cc(-c3ccoc3)ccc1O2. The van der Waals surface area contributed by atoms with Crippen molar-refractivity contribution < 1.29 is 31.9 Å². The van der Waals surface area contributed by atoms with Gasteiger partial charge < -0.3 is 19.4 Å². The first-order valence-electron chi connectivity index (χ1n) is 13.6. The molecule has 3 aromatic carbocycles.